The zero-order chi connectivity index (χ0) is 16.2. The van der Waals surface area contributed by atoms with Gasteiger partial charge in [-0.05, 0) is 6.92 Å². The smallest absolute Gasteiger partial charge is 0.466 e. The molecule has 11 heteroatoms. The maximum atomic E-state index is 12.0. The van der Waals surface area contributed by atoms with Crippen LogP contribution in [0.25, 0.3) is 0 Å². The average Bonchev–Trinajstić information content (AvgIpc) is 2.30. The Morgan fingerprint density at radius 2 is 2.10 bits per heavy atom. The van der Waals surface area contributed by atoms with Crippen LogP contribution >= 0.6 is 0 Å². The van der Waals surface area contributed by atoms with Crippen molar-refractivity contribution in [3.63, 3.8) is 0 Å². The lowest BCUT2D eigenvalue weighted by Crippen LogP contribution is -2.24. The van der Waals surface area contributed by atoms with E-state index in [-0.39, 0.29) is 6.61 Å². The molecule has 0 aliphatic carbocycles. The van der Waals surface area contributed by atoms with Gasteiger partial charge in [0.15, 0.2) is 0 Å². The molecule has 1 heterocycles. The molecule has 1 aromatic rings. The van der Waals surface area contributed by atoms with E-state index >= 15 is 0 Å². The molecule has 0 radical (unpaired) electrons. The number of pyridine rings is 1. The molecule has 0 bridgehead atoms. The summed E-state index contributed by atoms with van der Waals surface area (Å²) in [4.78, 5) is 34.2. The topological polar surface area (TPSA) is 112 Å². The molecule has 0 saturated heterocycles. The summed E-state index contributed by atoms with van der Waals surface area (Å²) in [5.74, 6) is -2.07. The van der Waals surface area contributed by atoms with Crippen molar-refractivity contribution < 1.29 is 32.4 Å². The highest BCUT2D eigenvalue weighted by molar-refractivity contribution is 5.74. The second kappa shape index (κ2) is 6.24. The molecule has 1 aromatic heterocycles. The van der Waals surface area contributed by atoms with Crippen molar-refractivity contribution in [2.24, 2.45) is 0 Å². The van der Waals surface area contributed by atoms with Gasteiger partial charge in [-0.3, -0.25) is 24.7 Å². The van der Waals surface area contributed by atoms with E-state index in [0.717, 1.165) is 0 Å². The summed E-state index contributed by atoms with van der Waals surface area (Å²) < 4.78 is 44.0. The third-order valence-corrected chi connectivity index (χ3v) is 2.14. The quantitative estimate of drug-likeness (QED) is 0.498. The first-order chi connectivity index (χ1) is 9.64. The van der Waals surface area contributed by atoms with Gasteiger partial charge in [-0.25, -0.2) is 0 Å². The van der Waals surface area contributed by atoms with Crippen LogP contribution in [0.1, 0.15) is 12.5 Å². The predicted octanol–water partition coefficient (Wildman–Crippen LogP) is 1.29. The van der Waals surface area contributed by atoms with E-state index in [1.165, 1.54) is 6.92 Å². The number of halogens is 3. The fourth-order valence-electron chi connectivity index (χ4n) is 1.42. The van der Waals surface area contributed by atoms with Crippen molar-refractivity contribution in [3.05, 3.63) is 32.1 Å². The van der Waals surface area contributed by atoms with Crippen LogP contribution < -0.4 is 10.3 Å². The Morgan fingerprint density at radius 3 is 2.57 bits per heavy atom. The predicted molar refractivity (Wildman–Crippen MR) is 60.7 cm³/mol. The number of hydrogen-bond acceptors (Lipinski definition) is 6. The molecule has 0 aromatic carbocycles. The van der Waals surface area contributed by atoms with Crippen LogP contribution in [0.4, 0.5) is 18.9 Å². The fraction of sp³-hybridized carbons (Fsp3) is 0.400. The first kappa shape index (κ1) is 16.5. The van der Waals surface area contributed by atoms with Crippen molar-refractivity contribution in [2.75, 3.05) is 6.61 Å². The van der Waals surface area contributed by atoms with Crippen LogP contribution in [-0.2, 0) is 16.0 Å². The number of nitrogens with zero attached hydrogens (tertiary/aromatic N) is 1. The molecule has 1 rings (SSSR count). The van der Waals surface area contributed by atoms with Crippen molar-refractivity contribution in [2.45, 2.75) is 19.7 Å². The van der Waals surface area contributed by atoms with Gasteiger partial charge in [0.25, 0.3) is 11.2 Å². The van der Waals surface area contributed by atoms with Gasteiger partial charge >= 0.3 is 12.3 Å². The number of aromatic amines is 1. The number of aromatic nitrogens is 1. The number of rotatable bonds is 5. The van der Waals surface area contributed by atoms with Gasteiger partial charge in [-0.2, -0.15) is 0 Å². The summed E-state index contributed by atoms with van der Waals surface area (Å²) in [6.07, 6.45) is -5.87. The molecule has 21 heavy (non-hydrogen) atoms. The number of hydrogen-bond donors (Lipinski definition) is 1. The van der Waals surface area contributed by atoms with Gasteiger partial charge in [-0.15, -0.1) is 13.2 Å². The fourth-order valence-corrected chi connectivity index (χ4v) is 1.42. The number of nitro groups is 1. The second-order valence-electron chi connectivity index (χ2n) is 3.61. The summed E-state index contributed by atoms with van der Waals surface area (Å²) in [7, 11) is 0. The standard InChI is InChI=1S/C10H9F3N2O6/c1-2-20-8(16)3-5-6(15(18)19)4-7(14-9(5)17)21-10(11,12)13/h4H,2-3H2,1H3,(H,14,17). The Balaban J connectivity index is 3.23. The van der Waals surface area contributed by atoms with E-state index in [2.05, 4.69) is 9.47 Å². The Hall–Kier alpha value is -2.59. The number of carbonyl (C=O) groups is 1. The summed E-state index contributed by atoms with van der Waals surface area (Å²) in [5.41, 5.74) is -2.82. The SMILES string of the molecule is CCOC(=O)Cc1c([N+](=O)[O-])cc(OC(F)(F)F)[nH]c1=O. The molecule has 0 fully saturated rings. The van der Waals surface area contributed by atoms with Gasteiger partial charge < -0.3 is 9.47 Å². The first-order valence-electron chi connectivity index (χ1n) is 5.46. The molecule has 116 valence electrons. The number of nitrogens with one attached hydrogen (secondary N) is 1. The van der Waals surface area contributed by atoms with Gasteiger partial charge in [0, 0.05) is 0 Å². The highest BCUT2D eigenvalue weighted by Gasteiger charge is 2.33. The number of alkyl halides is 3. The minimum Gasteiger partial charge on any atom is -0.466 e. The molecule has 8 nitrogen and oxygen atoms in total. The zero-order valence-corrected chi connectivity index (χ0v) is 10.5. The van der Waals surface area contributed by atoms with Crippen LogP contribution in [0.2, 0.25) is 0 Å². The Kier molecular flexibility index (Phi) is 4.89. The maximum absolute atomic E-state index is 12.0. The van der Waals surface area contributed by atoms with E-state index in [1.54, 1.807) is 4.98 Å². The van der Waals surface area contributed by atoms with Gasteiger partial charge in [0.1, 0.15) is 5.56 Å². The highest BCUT2D eigenvalue weighted by atomic mass is 19.4. The van der Waals surface area contributed by atoms with Crippen LogP contribution in [0, 0.1) is 10.1 Å². The molecule has 0 spiro atoms. The number of esters is 1. The molecule has 0 aliphatic heterocycles. The first-order valence-corrected chi connectivity index (χ1v) is 5.46. The lowest BCUT2D eigenvalue weighted by Gasteiger charge is -2.09. The van der Waals surface area contributed by atoms with Gasteiger partial charge in [-0.1, -0.05) is 0 Å². The van der Waals surface area contributed by atoms with E-state index in [1.807, 2.05) is 0 Å². The molecular formula is C10H9F3N2O6. The van der Waals surface area contributed by atoms with Gasteiger partial charge in [0.2, 0.25) is 5.88 Å². The number of H-pyrrole nitrogens is 1. The van der Waals surface area contributed by atoms with E-state index in [9.17, 15) is 32.9 Å². The normalized spacial score (nSPS) is 11.0. The minimum atomic E-state index is -5.13. The summed E-state index contributed by atoms with van der Waals surface area (Å²) in [5, 5.41) is 10.8. The Morgan fingerprint density at radius 1 is 1.48 bits per heavy atom. The van der Waals surface area contributed by atoms with E-state index in [4.69, 9.17) is 0 Å². The minimum absolute atomic E-state index is 0.0141. The Bertz CT molecular complexity index is 610. The molecular weight excluding hydrogens is 301 g/mol. The van der Waals surface area contributed by atoms with Gasteiger partial charge in [0.05, 0.1) is 24.0 Å². The van der Waals surface area contributed by atoms with Crippen molar-refractivity contribution >= 4 is 11.7 Å². The average molecular weight is 310 g/mol. The molecule has 0 unspecified atom stereocenters. The van der Waals surface area contributed by atoms with Crippen molar-refractivity contribution in [1.82, 2.24) is 4.98 Å². The van der Waals surface area contributed by atoms with E-state index in [0.29, 0.717) is 6.07 Å². The summed E-state index contributed by atoms with van der Waals surface area (Å²) >= 11 is 0. The summed E-state index contributed by atoms with van der Waals surface area (Å²) in [6.45, 7) is 1.47. The molecule has 0 amide bonds. The molecule has 0 atom stereocenters. The number of ether oxygens (including phenoxy) is 2. The maximum Gasteiger partial charge on any atom is 0.574 e. The Labute approximate surface area is 114 Å². The monoisotopic (exact) mass is 310 g/mol. The number of carbonyl (C=O) groups excluding carboxylic acids is 1. The second-order valence-corrected chi connectivity index (χ2v) is 3.61. The third kappa shape index (κ3) is 4.78. The van der Waals surface area contributed by atoms with Crippen LogP contribution in [0.3, 0.4) is 0 Å². The highest BCUT2D eigenvalue weighted by Crippen LogP contribution is 2.25. The van der Waals surface area contributed by atoms with Crippen LogP contribution in [-0.4, -0.2) is 28.8 Å². The van der Waals surface area contributed by atoms with E-state index < -0.39 is 46.4 Å². The largest absolute Gasteiger partial charge is 0.574 e. The van der Waals surface area contributed by atoms with Crippen molar-refractivity contribution in [1.29, 1.82) is 0 Å². The van der Waals surface area contributed by atoms with Crippen LogP contribution in [0.15, 0.2) is 10.9 Å². The molecule has 0 saturated carbocycles. The third-order valence-electron chi connectivity index (χ3n) is 2.14. The lowest BCUT2D eigenvalue weighted by atomic mass is 10.1. The van der Waals surface area contributed by atoms with Crippen molar-refractivity contribution in [3.8, 4) is 5.88 Å². The zero-order valence-electron chi connectivity index (χ0n) is 10.5. The molecule has 1 N–H and O–H groups in total. The summed E-state index contributed by atoms with van der Waals surface area (Å²) in [6, 6.07) is 0.378. The van der Waals surface area contributed by atoms with Crippen LogP contribution in [0.5, 0.6) is 5.88 Å². The molecule has 0 aliphatic rings. The lowest BCUT2D eigenvalue weighted by molar-refractivity contribution is -0.385.